The maximum absolute atomic E-state index is 4.42. The van der Waals surface area contributed by atoms with Crippen molar-refractivity contribution in [3.63, 3.8) is 0 Å². The van der Waals surface area contributed by atoms with Crippen molar-refractivity contribution in [1.29, 1.82) is 0 Å². The van der Waals surface area contributed by atoms with Crippen LogP contribution in [0, 0.1) is 6.92 Å². The third-order valence-corrected chi connectivity index (χ3v) is 2.60. The average Bonchev–Trinajstić information content (AvgIpc) is 2.59. The van der Waals surface area contributed by atoms with E-state index in [2.05, 4.69) is 15.4 Å². The number of anilines is 1. The molecule has 4 heteroatoms. The molecule has 0 radical (unpaired) electrons. The van der Waals surface area contributed by atoms with Gasteiger partial charge in [-0.2, -0.15) is 9.61 Å². The first-order chi connectivity index (χ1) is 6.84. The van der Waals surface area contributed by atoms with Crippen LogP contribution < -0.4 is 5.32 Å². The Morgan fingerprint density at radius 3 is 3.36 bits per heavy atom. The Balaban J connectivity index is 2.33. The summed E-state index contributed by atoms with van der Waals surface area (Å²) < 4.78 is 1.91. The van der Waals surface area contributed by atoms with E-state index in [1.165, 1.54) is 12.0 Å². The highest BCUT2D eigenvalue weighted by Gasteiger charge is 2.13. The molecule has 0 unspecified atom stereocenters. The van der Waals surface area contributed by atoms with Gasteiger partial charge in [0.2, 0.25) is 0 Å². The van der Waals surface area contributed by atoms with Crippen LogP contribution in [0.25, 0.3) is 5.65 Å². The molecule has 2 aromatic rings. The van der Waals surface area contributed by atoms with E-state index in [1.807, 2.05) is 23.7 Å². The zero-order chi connectivity index (χ0) is 9.54. The zero-order valence-electron chi connectivity index (χ0n) is 8.12. The van der Waals surface area contributed by atoms with E-state index in [9.17, 15) is 0 Å². The van der Waals surface area contributed by atoms with Crippen LogP contribution in [0.1, 0.15) is 17.7 Å². The lowest BCUT2D eigenvalue weighted by molar-refractivity contribution is 0.781. The maximum atomic E-state index is 4.42. The summed E-state index contributed by atoms with van der Waals surface area (Å²) in [5, 5.41) is 7.80. The first kappa shape index (κ1) is 7.79. The fourth-order valence-electron chi connectivity index (χ4n) is 1.94. The molecule has 4 nitrogen and oxygen atoms in total. The summed E-state index contributed by atoms with van der Waals surface area (Å²) in [5.74, 6) is 1.12. The number of aryl methyl sites for hydroxylation is 2. The molecule has 0 saturated carbocycles. The van der Waals surface area contributed by atoms with Gasteiger partial charge < -0.3 is 5.32 Å². The van der Waals surface area contributed by atoms with Crippen molar-refractivity contribution < 1.29 is 0 Å². The minimum absolute atomic E-state index is 0.927. The molecule has 0 saturated heterocycles. The van der Waals surface area contributed by atoms with E-state index < -0.39 is 0 Å². The predicted molar refractivity (Wildman–Crippen MR) is 54.5 cm³/mol. The monoisotopic (exact) mass is 188 g/mol. The molecule has 2 aromatic heterocycles. The summed E-state index contributed by atoms with van der Waals surface area (Å²) in [7, 11) is 0. The van der Waals surface area contributed by atoms with Crippen molar-refractivity contribution in [3.05, 3.63) is 23.5 Å². The van der Waals surface area contributed by atoms with E-state index >= 15 is 0 Å². The molecule has 0 atom stereocenters. The van der Waals surface area contributed by atoms with Crippen LogP contribution in [-0.2, 0) is 6.42 Å². The van der Waals surface area contributed by atoms with Gasteiger partial charge in [-0.15, -0.1) is 0 Å². The Morgan fingerprint density at radius 2 is 2.43 bits per heavy atom. The number of nitrogens with zero attached hydrogens (tertiary/aromatic N) is 3. The van der Waals surface area contributed by atoms with Gasteiger partial charge in [0.05, 0.1) is 5.69 Å². The molecule has 14 heavy (non-hydrogen) atoms. The van der Waals surface area contributed by atoms with Crippen molar-refractivity contribution in [1.82, 2.24) is 14.6 Å². The van der Waals surface area contributed by atoms with Crippen LogP contribution in [0.2, 0.25) is 0 Å². The predicted octanol–water partition coefficient (Wildman–Crippen LogP) is 1.40. The first-order valence-corrected chi connectivity index (χ1v) is 4.93. The van der Waals surface area contributed by atoms with Gasteiger partial charge in [0.15, 0.2) is 5.65 Å². The highest BCUT2D eigenvalue weighted by atomic mass is 15.3. The number of hydrogen-bond donors (Lipinski definition) is 1. The lowest BCUT2D eigenvalue weighted by Gasteiger charge is -2.17. The van der Waals surface area contributed by atoms with E-state index in [0.717, 1.165) is 30.1 Å². The molecule has 1 N–H and O–H groups in total. The fourth-order valence-corrected chi connectivity index (χ4v) is 1.94. The Kier molecular flexibility index (Phi) is 1.50. The quantitative estimate of drug-likeness (QED) is 0.679. The van der Waals surface area contributed by atoms with E-state index in [-0.39, 0.29) is 0 Å². The van der Waals surface area contributed by atoms with Gasteiger partial charge in [0, 0.05) is 24.4 Å². The zero-order valence-corrected chi connectivity index (χ0v) is 8.12. The second kappa shape index (κ2) is 2.70. The molecule has 1 aliphatic heterocycles. The van der Waals surface area contributed by atoms with Crippen molar-refractivity contribution in [3.8, 4) is 0 Å². The molecule has 0 aromatic carbocycles. The molecule has 72 valence electrons. The van der Waals surface area contributed by atoms with Gasteiger partial charge in [-0.25, -0.2) is 4.98 Å². The van der Waals surface area contributed by atoms with Crippen LogP contribution >= 0.6 is 0 Å². The lowest BCUT2D eigenvalue weighted by atomic mass is 10.1. The Hall–Kier alpha value is -1.58. The van der Waals surface area contributed by atoms with Crippen LogP contribution in [0.4, 0.5) is 5.82 Å². The summed E-state index contributed by atoms with van der Waals surface area (Å²) in [4.78, 5) is 4.38. The number of aromatic nitrogens is 3. The summed E-state index contributed by atoms with van der Waals surface area (Å²) in [6.45, 7) is 3.02. The van der Waals surface area contributed by atoms with E-state index in [4.69, 9.17) is 0 Å². The minimum Gasteiger partial charge on any atom is -0.370 e. The molecule has 3 rings (SSSR count). The number of hydrogen-bond acceptors (Lipinski definition) is 3. The summed E-state index contributed by atoms with van der Waals surface area (Å²) >= 11 is 0. The van der Waals surface area contributed by atoms with Gasteiger partial charge in [0.1, 0.15) is 5.82 Å². The summed E-state index contributed by atoms with van der Waals surface area (Å²) in [6, 6.07) is 2.00. The van der Waals surface area contributed by atoms with Crippen LogP contribution in [-0.4, -0.2) is 21.1 Å². The third-order valence-electron chi connectivity index (χ3n) is 2.60. The molecule has 0 amide bonds. The minimum atomic E-state index is 0.927. The standard InChI is InChI=1S/C10H12N4/c1-7-5-9-12-6-8-3-2-4-11-10(8)14(9)13-7/h5-6,11H,2-4H2,1H3. The maximum Gasteiger partial charge on any atom is 0.157 e. The number of rotatable bonds is 0. The molecule has 0 spiro atoms. The number of fused-ring (bicyclic) bond motifs is 3. The smallest absolute Gasteiger partial charge is 0.157 e. The van der Waals surface area contributed by atoms with Gasteiger partial charge in [-0.05, 0) is 19.8 Å². The van der Waals surface area contributed by atoms with Crippen LogP contribution in [0.3, 0.4) is 0 Å². The van der Waals surface area contributed by atoms with Crippen LogP contribution in [0.15, 0.2) is 12.3 Å². The molecular weight excluding hydrogens is 176 g/mol. The Labute approximate surface area is 82.0 Å². The molecule has 0 aliphatic carbocycles. The van der Waals surface area contributed by atoms with E-state index in [1.54, 1.807) is 0 Å². The summed E-state index contributed by atoms with van der Waals surface area (Å²) in [5.41, 5.74) is 3.21. The Bertz CT molecular complexity index is 486. The highest BCUT2D eigenvalue weighted by Crippen LogP contribution is 2.21. The van der Waals surface area contributed by atoms with Crippen molar-refractivity contribution in [2.24, 2.45) is 0 Å². The van der Waals surface area contributed by atoms with Crippen LogP contribution in [0.5, 0.6) is 0 Å². The van der Waals surface area contributed by atoms with Gasteiger partial charge >= 0.3 is 0 Å². The molecule has 1 aliphatic rings. The van der Waals surface area contributed by atoms with Gasteiger partial charge in [-0.1, -0.05) is 0 Å². The van der Waals surface area contributed by atoms with Crippen molar-refractivity contribution >= 4 is 11.5 Å². The van der Waals surface area contributed by atoms with Gasteiger partial charge in [0.25, 0.3) is 0 Å². The van der Waals surface area contributed by atoms with Gasteiger partial charge in [-0.3, -0.25) is 0 Å². The summed E-state index contributed by atoms with van der Waals surface area (Å²) in [6.07, 6.45) is 4.24. The molecular formula is C10H12N4. The average molecular weight is 188 g/mol. The van der Waals surface area contributed by atoms with Crippen molar-refractivity contribution in [2.75, 3.05) is 11.9 Å². The Morgan fingerprint density at radius 1 is 1.50 bits per heavy atom. The molecule has 0 bridgehead atoms. The third kappa shape index (κ3) is 0.999. The SMILES string of the molecule is Cc1cc2ncc3c(n2n1)NCCC3. The molecule has 3 heterocycles. The first-order valence-electron chi connectivity index (χ1n) is 4.93. The second-order valence-electron chi connectivity index (χ2n) is 3.72. The largest absolute Gasteiger partial charge is 0.370 e. The topological polar surface area (TPSA) is 42.2 Å². The van der Waals surface area contributed by atoms with E-state index in [0.29, 0.717) is 0 Å². The number of nitrogens with one attached hydrogen (secondary N) is 1. The highest BCUT2D eigenvalue weighted by molar-refractivity contribution is 5.54. The normalized spacial score (nSPS) is 15.2. The second-order valence-corrected chi connectivity index (χ2v) is 3.72. The molecule has 0 fully saturated rings. The van der Waals surface area contributed by atoms with Crippen molar-refractivity contribution in [2.45, 2.75) is 19.8 Å². The fraction of sp³-hybridized carbons (Fsp3) is 0.400. The lowest BCUT2D eigenvalue weighted by Crippen LogP contribution is -2.16.